The standard InChI is InChI=1S/C45H56N4O8/c1-28-38(25-48-36-16-9-8-13-31(36)21-22-37(48)41(52)47-45(2,3)4)56-43(57-40(28)32-19-17-29(26-50)18-20-32)33-14-10-15-34(23-33)49-39(51)24-35(42(49)53)46-44(54)55-27-30-11-6-5-7-12-30/h5-7,10-12,14-15,17-20,23,28,31,35-38,40,43,50H,8-9,13,16,21-22,24-27H2,1-4H3,(H,46,54)(H,47,52)/t28-,31-,35?,36-,37-,38+,40+,43+/m1/s1. The van der Waals surface area contributed by atoms with Crippen molar-refractivity contribution in [2.75, 3.05) is 11.4 Å². The van der Waals surface area contributed by atoms with Crippen molar-refractivity contribution in [2.24, 2.45) is 11.8 Å². The zero-order chi connectivity index (χ0) is 40.3. The van der Waals surface area contributed by atoms with Crippen LogP contribution in [0.2, 0.25) is 0 Å². The average Bonchev–Trinajstić information content (AvgIpc) is 3.48. The van der Waals surface area contributed by atoms with Crippen molar-refractivity contribution in [3.05, 3.63) is 101 Å². The third kappa shape index (κ3) is 9.41. The topological polar surface area (TPSA) is 147 Å². The first-order valence-corrected chi connectivity index (χ1v) is 20.4. The molecule has 7 rings (SSSR count). The quantitative estimate of drug-likeness (QED) is 0.197. The highest BCUT2D eigenvalue weighted by atomic mass is 16.7. The van der Waals surface area contributed by atoms with Gasteiger partial charge < -0.3 is 30.0 Å². The zero-order valence-corrected chi connectivity index (χ0v) is 33.4. The molecule has 3 N–H and O–H groups in total. The normalized spacial score (nSPS) is 28.1. The maximum atomic E-state index is 13.9. The first kappa shape index (κ1) is 40.6. The van der Waals surface area contributed by atoms with Crippen molar-refractivity contribution >= 4 is 29.5 Å². The average molecular weight is 781 g/mol. The van der Waals surface area contributed by atoms with E-state index in [0.717, 1.165) is 53.7 Å². The molecule has 3 aromatic rings. The van der Waals surface area contributed by atoms with Crippen molar-refractivity contribution in [2.45, 2.75) is 128 Å². The molecule has 8 atom stereocenters. The molecule has 3 heterocycles. The van der Waals surface area contributed by atoms with Gasteiger partial charge in [0.25, 0.3) is 5.91 Å². The highest BCUT2D eigenvalue weighted by Gasteiger charge is 2.47. The molecule has 304 valence electrons. The molecule has 3 aromatic carbocycles. The van der Waals surface area contributed by atoms with Gasteiger partial charge in [-0.3, -0.25) is 19.3 Å². The highest BCUT2D eigenvalue weighted by Crippen LogP contribution is 2.45. The predicted molar refractivity (Wildman–Crippen MR) is 213 cm³/mol. The van der Waals surface area contributed by atoms with Gasteiger partial charge >= 0.3 is 6.09 Å². The molecule has 12 heteroatoms. The molecule has 0 aromatic heterocycles. The minimum Gasteiger partial charge on any atom is -0.445 e. The molecule has 0 radical (unpaired) electrons. The molecule has 1 aliphatic carbocycles. The number of aliphatic hydroxyl groups is 1. The number of carbonyl (C=O) groups excluding carboxylic acids is 4. The first-order valence-electron chi connectivity index (χ1n) is 20.4. The van der Waals surface area contributed by atoms with Crippen molar-refractivity contribution in [1.82, 2.24) is 15.5 Å². The molecular formula is C45H56N4O8. The molecule has 3 aliphatic heterocycles. The molecule has 0 spiro atoms. The van der Waals surface area contributed by atoms with E-state index < -0.39 is 36.3 Å². The third-order valence-corrected chi connectivity index (χ3v) is 11.9. The molecule has 12 nitrogen and oxygen atoms in total. The summed E-state index contributed by atoms with van der Waals surface area (Å²) in [6, 6.07) is 22.9. The lowest BCUT2D eigenvalue weighted by Gasteiger charge is -2.51. The molecule has 1 saturated carbocycles. The van der Waals surface area contributed by atoms with E-state index in [1.807, 2.05) is 81.4 Å². The van der Waals surface area contributed by atoms with Gasteiger partial charge in [0.05, 0.1) is 37.0 Å². The summed E-state index contributed by atoms with van der Waals surface area (Å²) in [7, 11) is 0. The fourth-order valence-electron chi connectivity index (χ4n) is 9.00. The highest BCUT2D eigenvalue weighted by molar-refractivity contribution is 6.22. The minimum absolute atomic E-state index is 0.0324. The van der Waals surface area contributed by atoms with E-state index in [4.69, 9.17) is 14.2 Å². The Morgan fingerprint density at radius 2 is 1.63 bits per heavy atom. The number of amides is 4. The second-order valence-electron chi connectivity index (χ2n) is 17.1. The van der Waals surface area contributed by atoms with E-state index in [1.165, 1.54) is 6.42 Å². The third-order valence-electron chi connectivity index (χ3n) is 11.9. The Hall–Kier alpha value is -4.62. The maximum absolute atomic E-state index is 13.9. The number of anilines is 1. The first-order chi connectivity index (χ1) is 27.4. The van der Waals surface area contributed by atoms with Gasteiger partial charge in [0, 0.05) is 29.6 Å². The molecule has 4 amide bonds. The number of hydrogen-bond acceptors (Lipinski definition) is 9. The van der Waals surface area contributed by atoms with Crippen molar-refractivity contribution in [3.8, 4) is 0 Å². The van der Waals surface area contributed by atoms with Gasteiger partial charge in [0.15, 0.2) is 6.29 Å². The molecule has 57 heavy (non-hydrogen) atoms. The number of piperidine rings is 1. The lowest BCUT2D eigenvalue weighted by molar-refractivity contribution is -0.278. The van der Waals surface area contributed by atoms with E-state index >= 15 is 0 Å². The van der Waals surface area contributed by atoms with Gasteiger partial charge in [0.2, 0.25) is 11.8 Å². The summed E-state index contributed by atoms with van der Waals surface area (Å²) >= 11 is 0. The summed E-state index contributed by atoms with van der Waals surface area (Å²) in [5.74, 6) is -0.546. The van der Waals surface area contributed by atoms with Crippen LogP contribution in [0.4, 0.5) is 10.5 Å². The van der Waals surface area contributed by atoms with Gasteiger partial charge in [-0.2, -0.15) is 0 Å². The maximum Gasteiger partial charge on any atom is 0.408 e. The van der Waals surface area contributed by atoms with Crippen LogP contribution in [0.15, 0.2) is 78.9 Å². The molecule has 1 unspecified atom stereocenters. The second kappa shape index (κ2) is 17.5. The van der Waals surface area contributed by atoms with Gasteiger partial charge in [-0.05, 0) is 81.2 Å². The lowest BCUT2D eigenvalue weighted by atomic mass is 9.75. The molecule has 3 saturated heterocycles. The number of fused-ring (bicyclic) bond motifs is 1. The van der Waals surface area contributed by atoms with Crippen LogP contribution in [0.3, 0.4) is 0 Å². The van der Waals surface area contributed by atoms with Crippen molar-refractivity contribution < 1.29 is 38.5 Å². The number of ether oxygens (including phenoxy) is 3. The Morgan fingerprint density at radius 1 is 0.877 bits per heavy atom. The minimum atomic E-state index is -1.07. The number of benzene rings is 3. The number of imide groups is 1. The summed E-state index contributed by atoms with van der Waals surface area (Å²) in [6.07, 6.45) is 3.77. The molecule has 0 bridgehead atoms. The van der Waals surface area contributed by atoms with Crippen LogP contribution in [0, 0.1) is 11.8 Å². The van der Waals surface area contributed by atoms with E-state index in [1.54, 1.807) is 18.2 Å². The Labute approximate surface area is 335 Å². The van der Waals surface area contributed by atoms with Crippen LogP contribution < -0.4 is 15.5 Å². The number of nitrogens with one attached hydrogen (secondary N) is 2. The number of alkyl carbamates (subject to hydrolysis) is 1. The molecule has 4 aliphatic rings. The number of rotatable bonds is 10. The molecule has 4 fully saturated rings. The van der Waals surface area contributed by atoms with Gasteiger partial charge in [0.1, 0.15) is 12.6 Å². The number of carbonyl (C=O) groups is 4. The molecular weight excluding hydrogens is 725 g/mol. The predicted octanol–water partition coefficient (Wildman–Crippen LogP) is 6.47. The van der Waals surface area contributed by atoms with Crippen LogP contribution in [0.25, 0.3) is 0 Å². The fraction of sp³-hybridized carbons (Fsp3) is 0.511. The Bertz CT molecular complexity index is 1900. The largest absolute Gasteiger partial charge is 0.445 e. The summed E-state index contributed by atoms with van der Waals surface area (Å²) in [4.78, 5) is 57.0. The van der Waals surface area contributed by atoms with Crippen LogP contribution in [0.1, 0.15) is 107 Å². The second-order valence-corrected chi connectivity index (χ2v) is 17.1. The Balaban J connectivity index is 1.13. The van der Waals surface area contributed by atoms with Crippen LogP contribution in [-0.4, -0.2) is 70.1 Å². The Kier molecular flexibility index (Phi) is 12.4. The number of likely N-dealkylation sites (tertiary alicyclic amines) is 1. The van der Waals surface area contributed by atoms with Crippen molar-refractivity contribution in [1.29, 1.82) is 0 Å². The van der Waals surface area contributed by atoms with Crippen molar-refractivity contribution in [3.63, 3.8) is 0 Å². The van der Waals surface area contributed by atoms with Gasteiger partial charge in [-0.1, -0.05) is 86.5 Å². The van der Waals surface area contributed by atoms with E-state index in [9.17, 15) is 24.3 Å². The summed E-state index contributed by atoms with van der Waals surface area (Å²) in [5.41, 5.74) is 3.13. The summed E-state index contributed by atoms with van der Waals surface area (Å²) < 4.78 is 19.0. The SMILES string of the molecule is C[C@@H]1[C@H](CN2[C@@H](C(=O)NC(C)(C)C)CC[C@H]3CCCC[C@H]32)O[C@H](c2cccc(N3C(=O)CC(NC(=O)OCc4ccccc4)C3=O)c2)O[C@@H]1c1ccc(CO)cc1. The van der Waals surface area contributed by atoms with Crippen LogP contribution in [-0.2, 0) is 41.8 Å². The fourth-order valence-corrected chi connectivity index (χ4v) is 9.00. The summed E-state index contributed by atoms with van der Waals surface area (Å²) in [5, 5.41) is 15.6. The van der Waals surface area contributed by atoms with Crippen LogP contribution >= 0.6 is 0 Å². The Morgan fingerprint density at radius 3 is 2.37 bits per heavy atom. The number of hydrogen-bond donors (Lipinski definition) is 3. The zero-order valence-electron chi connectivity index (χ0n) is 33.4. The number of aliphatic hydroxyl groups excluding tert-OH is 1. The van der Waals surface area contributed by atoms with Crippen LogP contribution in [0.5, 0.6) is 0 Å². The van der Waals surface area contributed by atoms with E-state index in [0.29, 0.717) is 23.7 Å². The lowest BCUT2D eigenvalue weighted by Crippen LogP contribution is -2.61. The van der Waals surface area contributed by atoms with Gasteiger partial charge in [-0.15, -0.1) is 0 Å². The summed E-state index contributed by atoms with van der Waals surface area (Å²) in [6.45, 7) is 8.65. The number of nitrogens with zero attached hydrogens (tertiary/aromatic N) is 2. The van der Waals surface area contributed by atoms with E-state index in [2.05, 4.69) is 22.5 Å². The van der Waals surface area contributed by atoms with E-state index in [-0.39, 0.29) is 55.2 Å². The van der Waals surface area contributed by atoms with Gasteiger partial charge in [-0.25, -0.2) is 9.69 Å². The smallest absolute Gasteiger partial charge is 0.408 e. The monoisotopic (exact) mass is 780 g/mol.